The van der Waals surface area contributed by atoms with Gasteiger partial charge in [0.2, 0.25) is 0 Å². The lowest BCUT2D eigenvalue weighted by Crippen LogP contribution is -2.60. The third-order valence-corrected chi connectivity index (χ3v) is 9.62. The molecule has 6 aliphatic rings. The highest BCUT2D eigenvalue weighted by molar-refractivity contribution is 5.75. The van der Waals surface area contributed by atoms with Gasteiger partial charge in [0.15, 0.2) is 0 Å². The van der Waals surface area contributed by atoms with E-state index in [9.17, 15) is 9.59 Å². The van der Waals surface area contributed by atoms with E-state index < -0.39 is 5.60 Å². The zero-order chi connectivity index (χ0) is 24.4. The van der Waals surface area contributed by atoms with Gasteiger partial charge in [-0.05, 0) is 101 Å². The summed E-state index contributed by atoms with van der Waals surface area (Å²) in [6.07, 6.45) is 8.21. The van der Waals surface area contributed by atoms with Gasteiger partial charge in [-0.2, -0.15) is 0 Å². The van der Waals surface area contributed by atoms with Gasteiger partial charge in [-0.3, -0.25) is 0 Å². The van der Waals surface area contributed by atoms with Crippen LogP contribution < -0.4 is 5.32 Å². The van der Waals surface area contributed by atoms with Gasteiger partial charge in [0.05, 0.1) is 0 Å². The van der Waals surface area contributed by atoms with Crippen molar-refractivity contribution in [3.8, 4) is 0 Å². The van der Waals surface area contributed by atoms with Crippen LogP contribution in [0.15, 0.2) is 24.3 Å². The van der Waals surface area contributed by atoms with E-state index in [4.69, 9.17) is 4.74 Å². The van der Waals surface area contributed by atoms with Crippen LogP contribution in [0.3, 0.4) is 0 Å². The maximum absolute atomic E-state index is 13.4. The molecule has 0 atom stereocenters. The first-order valence-electron chi connectivity index (χ1n) is 13.8. The lowest BCUT2D eigenvalue weighted by Gasteiger charge is -2.55. The molecule has 1 aromatic carbocycles. The number of carbonyl (C=O) groups excluding carboxylic acids is 2. The summed E-state index contributed by atoms with van der Waals surface area (Å²) >= 11 is 0. The standard InChI is InChI=1S/C29H41N3O3/c1-28(2,3)35-27(34)32-17-21-6-4-5-7-24(21)29(18-32)8-10-31(11-9-29)26(33)30-25-22-13-19-12-20(15-22)16-23(25)14-19/h4-7,19-20,22-23,25H,8-18H2,1-3H3,(H,30,33). The number of rotatable bonds is 1. The van der Waals surface area contributed by atoms with E-state index in [0.29, 0.717) is 31.0 Å². The molecule has 2 aliphatic heterocycles. The van der Waals surface area contributed by atoms with Crippen LogP contribution in [-0.2, 0) is 16.7 Å². The second-order valence-electron chi connectivity index (χ2n) is 13.2. The number of hydrogen-bond acceptors (Lipinski definition) is 3. The van der Waals surface area contributed by atoms with Gasteiger partial charge in [-0.15, -0.1) is 0 Å². The summed E-state index contributed by atoms with van der Waals surface area (Å²) in [7, 11) is 0. The highest BCUT2D eigenvalue weighted by Crippen LogP contribution is 2.53. The molecule has 1 aromatic rings. The monoisotopic (exact) mass is 479 g/mol. The van der Waals surface area contributed by atoms with Crippen LogP contribution in [0, 0.1) is 23.7 Å². The van der Waals surface area contributed by atoms with Gasteiger partial charge < -0.3 is 19.9 Å². The molecule has 0 unspecified atom stereocenters. The predicted octanol–water partition coefficient (Wildman–Crippen LogP) is 5.31. The van der Waals surface area contributed by atoms with Crippen LogP contribution in [0.5, 0.6) is 0 Å². The van der Waals surface area contributed by atoms with E-state index in [1.807, 2.05) is 30.6 Å². The second kappa shape index (κ2) is 8.41. The zero-order valence-corrected chi connectivity index (χ0v) is 21.6. The fourth-order valence-electron chi connectivity index (χ4n) is 8.30. The molecule has 4 aliphatic carbocycles. The average molecular weight is 480 g/mol. The minimum absolute atomic E-state index is 0.120. The maximum Gasteiger partial charge on any atom is 0.410 e. The molecule has 2 heterocycles. The van der Waals surface area contributed by atoms with Gasteiger partial charge in [0.1, 0.15) is 5.60 Å². The maximum atomic E-state index is 13.4. The summed E-state index contributed by atoms with van der Waals surface area (Å²) in [4.78, 5) is 30.3. The van der Waals surface area contributed by atoms with Crippen LogP contribution in [0.1, 0.15) is 76.8 Å². The minimum Gasteiger partial charge on any atom is -0.444 e. The van der Waals surface area contributed by atoms with E-state index in [2.05, 4.69) is 29.6 Å². The molecule has 4 saturated carbocycles. The Morgan fingerprint density at radius 2 is 1.57 bits per heavy atom. The van der Waals surface area contributed by atoms with Crippen molar-refractivity contribution in [1.82, 2.24) is 15.1 Å². The van der Waals surface area contributed by atoms with E-state index in [0.717, 1.165) is 37.8 Å². The zero-order valence-electron chi connectivity index (χ0n) is 21.6. The van der Waals surface area contributed by atoms with Gasteiger partial charge in [-0.25, -0.2) is 9.59 Å². The summed E-state index contributed by atoms with van der Waals surface area (Å²) in [5, 5.41) is 3.50. The number of piperidine rings is 1. The normalized spacial score (nSPS) is 32.9. The molecule has 4 bridgehead atoms. The van der Waals surface area contributed by atoms with Crippen molar-refractivity contribution in [2.45, 2.75) is 89.3 Å². The fourth-order valence-corrected chi connectivity index (χ4v) is 8.30. The van der Waals surface area contributed by atoms with Crippen LogP contribution in [0.4, 0.5) is 9.59 Å². The van der Waals surface area contributed by atoms with Crippen LogP contribution in [0.25, 0.3) is 0 Å². The van der Waals surface area contributed by atoms with Crippen molar-refractivity contribution in [2.75, 3.05) is 19.6 Å². The summed E-state index contributed by atoms with van der Waals surface area (Å²) in [6, 6.07) is 9.04. The predicted molar refractivity (Wildman–Crippen MR) is 135 cm³/mol. The highest BCUT2D eigenvalue weighted by atomic mass is 16.6. The Bertz CT molecular complexity index is 963. The number of likely N-dealkylation sites (tertiary alicyclic amines) is 1. The molecular weight excluding hydrogens is 438 g/mol. The molecular formula is C29H41N3O3. The first-order valence-corrected chi connectivity index (χ1v) is 13.8. The molecule has 35 heavy (non-hydrogen) atoms. The van der Waals surface area contributed by atoms with Crippen LogP contribution in [-0.4, -0.2) is 53.2 Å². The minimum atomic E-state index is -0.513. The number of urea groups is 1. The van der Waals surface area contributed by atoms with Gasteiger partial charge >= 0.3 is 12.1 Å². The number of nitrogens with zero attached hydrogens (tertiary/aromatic N) is 2. The van der Waals surface area contributed by atoms with E-state index >= 15 is 0 Å². The third kappa shape index (κ3) is 4.31. The lowest BCUT2D eigenvalue weighted by molar-refractivity contribution is -0.0119. The molecule has 6 nitrogen and oxygen atoms in total. The molecule has 1 saturated heterocycles. The van der Waals surface area contributed by atoms with Crippen LogP contribution >= 0.6 is 0 Å². The molecule has 190 valence electrons. The van der Waals surface area contributed by atoms with Crippen molar-refractivity contribution in [3.63, 3.8) is 0 Å². The van der Waals surface area contributed by atoms with Gasteiger partial charge in [0.25, 0.3) is 0 Å². The Hall–Kier alpha value is -2.24. The molecule has 6 heteroatoms. The number of hydrogen-bond donors (Lipinski definition) is 1. The van der Waals surface area contributed by atoms with Gasteiger partial charge in [0, 0.05) is 37.6 Å². The molecule has 3 amide bonds. The van der Waals surface area contributed by atoms with E-state index in [-0.39, 0.29) is 17.5 Å². The molecule has 5 fully saturated rings. The van der Waals surface area contributed by atoms with E-state index in [1.165, 1.54) is 43.2 Å². The number of fused-ring (bicyclic) bond motifs is 2. The third-order valence-electron chi connectivity index (χ3n) is 9.62. The molecule has 1 spiro atoms. The Morgan fingerprint density at radius 3 is 2.20 bits per heavy atom. The number of amides is 3. The topological polar surface area (TPSA) is 61.9 Å². The summed E-state index contributed by atoms with van der Waals surface area (Å²) < 4.78 is 5.73. The number of carbonyl (C=O) groups is 2. The molecule has 1 N–H and O–H groups in total. The Labute approximate surface area is 209 Å². The SMILES string of the molecule is CC(C)(C)OC(=O)N1Cc2ccccc2C2(CCN(C(=O)NC3C4CC5CC(C4)CC3C5)CC2)C1. The van der Waals surface area contributed by atoms with Crippen molar-refractivity contribution >= 4 is 12.1 Å². The molecule has 0 aromatic heterocycles. The van der Waals surface area contributed by atoms with Crippen molar-refractivity contribution in [2.24, 2.45) is 23.7 Å². The quantitative estimate of drug-likeness (QED) is 0.594. The Morgan fingerprint density at radius 1 is 0.943 bits per heavy atom. The van der Waals surface area contributed by atoms with Crippen molar-refractivity contribution in [1.29, 1.82) is 0 Å². The largest absolute Gasteiger partial charge is 0.444 e. The second-order valence-corrected chi connectivity index (χ2v) is 13.2. The lowest BCUT2D eigenvalue weighted by atomic mass is 9.54. The summed E-state index contributed by atoms with van der Waals surface area (Å²) in [5.74, 6) is 3.22. The Kier molecular flexibility index (Phi) is 5.57. The van der Waals surface area contributed by atoms with Crippen molar-refractivity contribution < 1.29 is 14.3 Å². The molecule has 7 rings (SSSR count). The first-order chi connectivity index (χ1) is 16.7. The average Bonchev–Trinajstić information content (AvgIpc) is 2.80. The first kappa shape index (κ1) is 23.2. The number of benzene rings is 1. The number of nitrogens with one attached hydrogen (secondary N) is 1. The van der Waals surface area contributed by atoms with Gasteiger partial charge in [-0.1, -0.05) is 24.3 Å². The van der Waals surface area contributed by atoms with Crippen molar-refractivity contribution in [3.05, 3.63) is 35.4 Å². The number of ether oxygens (including phenoxy) is 1. The highest BCUT2D eigenvalue weighted by Gasteiger charge is 2.49. The fraction of sp³-hybridized carbons (Fsp3) is 0.724. The Balaban J connectivity index is 1.14. The smallest absolute Gasteiger partial charge is 0.410 e. The van der Waals surface area contributed by atoms with Crippen LogP contribution in [0.2, 0.25) is 0 Å². The molecule has 0 radical (unpaired) electrons. The van der Waals surface area contributed by atoms with E-state index in [1.54, 1.807) is 0 Å². The summed E-state index contributed by atoms with van der Waals surface area (Å²) in [5.41, 5.74) is 1.92. The summed E-state index contributed by atoms with van der Waals surface area (Å²) in [6.45, 7) is 8.45.